The average molecular weight is 324 g/mol. The molecule has 4 nitrogen and oxygen atoms in total. The van der Waals surface area contributed by atoms with Gasteiger partial charge in [-0.05, 0) is 37.0 Å². The maximum atomic E-state index is 12.0. The van der Waals surface area contributed by atoms with Crippen molar-refractivity contribution < 1.29 is 21.6 Å². The summed E-state index contributed by atoms with van der Waals surface area (Å²) in [5.41, 5.74) is 6.84. The van der Waals surface area contributed by atoms with E-state index in [9.17, 15) is 21.6 Å². The van der Waals surface area contributed by atoms with Crippen LogP contribution in [0.1, 0.15) is 30.4 Å². The monoisotopic (exact) mass is 324 g/mol. The summed E-state index contributed by atoms with van der Waals surface area (Å²) in [6.07, 6.45) is -5.07. The van der Waals surface area contributed by atoms with Crippen LogP contribution in [-0.2, 0) is 16.6 Å². The van der Waals surface area contributed by atoms with Crippen molar-refractivity contribution >= 4 is 10.0 Å². The van der Waals surface area contributed by atoms with Crippen molar-refractivity contribution in [1.29, 1.82) is 0 Å². The van der Waals surface area contributed by atoms with Crippen molar-refractivity contribution in [1.82, 2.24) is 4.72 Å². The first kappa shape index (κ1) is 17.9. The van der Waals surface area contributed by atoms with Crippen LogP contribution in [0.3, 0.4) is 0 Å². The lowest BCUT2D eigenvalue weighted by Crippen LogP contribution is -2.25. The third kappa shape index (κ3) is 6.03. The molecule has 0 unspecified atom stereocenters. The van der Waals surface area contributed by atoms with Crippen LogP contribution in [0.25, 0.3) is 0 Å². The van der Waals surface area contributed by atoms with E-state index in [1.165, 1.54) is 6.07 Å². The van der Waals surface area contributed by atoms with Crippen molar-refractivity contribution in [2.45, 2.75) is 43.8 Å². The molecule has 0 aliphatic heterocycles. The van der Waals surface area contributed by atoms with Crippen LogP contribution in [0.5, 0.6) is 0 Å². The Bertz CT molecular complexity index is 571. The Kier molecular flexibility index (Phi) is 6.18. The van der Waals surface area contributed by atoms with Crippen LogP contribution >= 0.6 is 0 Å². The smallest absolute Gasteiger partial charge is 0.326 e. The number of nitrogens with two attached hydrogens (primary N) is 1. The predicted molar refractivity (Wildman–Crippen MR) is 74.2 cm³/mol. The van der Waals surface area contributed by atoms with Crippen LogP contribution in [0.4, 0.5) is 13.2 Å². The Labute approximate surface area is 122 Å². The highest BCUT2D eigenvalue weighted by atomic mass is 32.2. The van der Waals surface area contributed by atoms with E-state index in [1.54, 1.807) is 19.1 Å². The van der Waals surface area contributed by atoms with Gasteiger partial charge in [-0.1, -0.05) is 12.1 Å². The van der Waals surface area contributed by atoms with Gasteiger partial charge in [0.1, 0.15) is 0 Å². The number of alkyl halides is 3. The molecule has 0 heterocycles. The van der Waals surface area contributed by atoms with Gasteiger partial charge in [-0.15, -0.1) is 0 Å². The fraction of sp³-hybridized carbons (Fsp3) is 0.538. The molecular formula is C13H19F3N2O2S. The van der Waals surface area contributed by atoms with Crippen LogP contribution in [0.15, 0.2) is 23.1 Å². The van der Waals surface area contributed by atoms with Gasteiger partial charge in [0.15, 0.2) is 0 Å². The van der Waals surface area contributed by atoms with E-state index in [0.29, 0.717) is 12.1 Å². The number of unbranched alkanes of at least 4 members (excludes halogenated alkanes) is 1. The summed E-state index contributed by atoms with van der Waals surface area (Å²) in [5, 5.41) is 0. The molecule has 0 fully saturated rings. The molecule has 0 aromatic heterocycles. The molecule has 0 saturated heterocycles. The van der Waals surface area contributed by atoms with Crippen molar-refractivity contribution in [2.24, 2.45) is 5.73 Å². The summed E-state index contributed by atoms with van der Waals surface area (Å²) in [6, 6.07) is 4.75. The lowest BCUT2D eigenvalue weighted by molar-refractivity contribution is -0.135. The minimum absolute atomic E-state index is 0.0174. The quantitative estimate of drug-likeness (QED) is 0.757. The third-order valence-corrected chi connectivity index (χ3v) is 4.56. The molecule has 1 aromatic rings. The fourth-order valence-electron chi connectivity index (χ4n) is 1.87. The number of hydrogen-bond donors (Lipinski definition) is 2. The Balaban J connectivity index is 2.58. The largest absolute Gasteiger partial charge is 0.389 e. The maximum absolute atomic E-state index is 12.0. The molecule has 1 aromatic carbocycles. The predicted octanol–water partition coefficient (Wildman–Crippen LogP) is 2.46. The van der Waals surface area contributed by atoms with Gasteiger partial charge in [0.2, 0.25) is 10.0 Å². The second-order valence-corrected chi connectivity index (χ2v) is 6.51. The summed E-state index contributed by atoms with van der Waals surface area (Å²) >= 11 is 0. The van der Waals surface area contributed by atoms with Crippen molar-refractivity contribution in [3.63, 3.8) is 0 Å². The number of benzene rings is 1. The average Bonchev–Trinajstić information content (AvgIpc) is 2.36. The molecule has 0 saturated carbocycles. The van der Waals surface area contributed by atoms with E-state index in [0.717, 1.165) is 5.56 Å². The molecule has 120 valence electrons. The van der Waals surface area contributed by atoms with E-state index in [1.807, 2.05) is 0 Å². The molecule has 21 heavy (non-hydrogen) atoms. The summed E-state index contributed by atoms with van der Waals surface area (Å²) in [4.78, 5) is 0.121. The summed E-state index contributed by atoms with van der Waals surface area (Å²) in [7, 11) is -3.70. The van der Waals surface area contributed by atoms with Crippen LogP contribution in [0, 0.1) is 6.92 Å². The normalized spacial score (nSPS) is 12.6. The number of rotatable bonds is 7. The van der Waals surface area contributed by atoms with E-state index in [-0.39, 0.29) is 24.3 Å². The number of nitrogens with one attached hydrogen (secondary N) is 1. The van der Waals surface area contributed by atoms with Crippen molar-refractivity contribution in [3.8, 4) is 0 Å². The van der Waals surface area contributed by atoms with E-state index < -0.39 is 22.6 Å². The number of aryl methyl sites for hydroxylation is 1. The lowest BCUT2D eigenvalue weighted by atomic mass is 10.1. The highest BCUT2D eigenvalue weighted by Gasteiger charge is 2.26. The zero-order valence-corrected chi connectivity index (χ0v) is 12.5. The zero-order valence-electron chi connectivity index (χ0n) is 11.7. The molecule has 8 heteroatoms. The van der Waals surface area contributed by atoms with Gasteiger partial charge in [-0.3, -0.25) is 0 Å². The molecular weight excluding hydrogens is 305 g/mol. The minimum Gasteiger partial charge on any atom is -0.326 e. The Hall–Kier alpha value is -1.12. The minimum atomic E-state index is -4.20. The van der Waals surface area contributed by atoms with E-state index >= 15 is 0 Å². The summed E-state index contributed by atoms with van der Waals surface area (Å²) in [5.74, 6) is 0. The van der Waals surface area contributed by atoms with Gasteiger partial charge in [0, 0.05) is 19.5 Å². The van der Waals surface area contributed by atoms with Crippen LogP contribution < -0.4 is 10.5 Å². The van der Waals surface area contributed by atoms with Gasteiger partial charge in [0.25, 0.3) is 0 Å². The van der Waals surface area contributed by atoms with Gasteiger partial charge >= 0.3 is 6.18 Å². The first-order valence-electron chi connectivity index (χ1n) is 6.52. The van der Waals surface area contributed by atoms with Gasteiger partial charge < -0.3 is 5.73 Å². The van der Waals surface area contributed by atoms with Crippen molar-refractivity contribution in [3.05, 3.63) is 29.3 Å². The fourth-order valence-corrected chi connectivity index (χ4v) is 3.17. The molecule has 0 aliphatic rings. The second kappa shape index (κ2) is 7.24. The second-order valence-electron chi connectivity index (χ2n) is 4.77. The summed E-state index contributed by atoms with van der Waals surface area (Å²) in [6.45, 7) is 1.94. The molecule has 0 spiro atoms. The zero-order chi connectivity index (χ0) is 16.1. The Morgan fingerprint density at radius 3 is 2.43 bits per heavy atom. The van der Waals surface area contributed by atoms with Gasteiger partial charge in [0.05, 0.1) is 4.90 Å². The first-order valence-corrected chi connectivity index (χ1v) is 8.00. The summed E-state index contributed by atoms with van der Waals surface area (Å²) < 4.78 is 62.3. The molecule has 0 amide bonds. The molecule has 0 radical (unpaired) electrons. The van der Waals surface area contributed by atoms with E-state index in [4.69, 9.17) is 5.73 Å². The lowest BCUT2D eigenvalue weighted by Gasteiger charge is -2.11. The highest BCUT2D eigenvalue weighted by molar-refractivity contribution is 7.89. The molecule has 1 rings (SSSR count). The van der Waals surface area contributed by atoms with E-state index in [2.05, 4.69) is 4.72 Å². The highest BCUT2D eigenvalue weighted by Crippen LogP contribution is 2.22. The first-order chi connectivity index (χ1) is 9.65. The van der Waals surface area contributed by atoms with Crippen molar-refractivity contribution in [2.75, 3.05) is 6.54 Å². The molecule has 3 N–H and O–H groups in total. The standard InChI is InChI=1S/C13H19F3N2O2S/c1-10-8-11(9-17)4-5-12(10)21(19,20)18-7-3-2-6-13(14,15)16/h4-5,8,18H,2-3,6-7,9,17H2,1H3. The molecule has 0 bridgehead atoms. The van der Waals surface area contributed by atoms with Gasteiger partial charge in [-0.25, -0.2) is 13.1 Å². The van der Waals surface area contributed by atoms with Gasteiger partial charge in [-0.2, -0.15) is 13.2 Å². The third-order valence-electron chi connectivity index (χ3n) is 2.94. The Morgan fingerprint density at radius 1 is 1.24 bits per heavy atom. The Morgan fingerprint density at radius 2 is 1.90 bits per heavy atom. The molecule has 0 aliphatic carbocycles. The molecule has 0 atom stereocenters. The number of hydrogen-bond acceptors (Lipinski definition) is 3. The maximum Gasteiger partial charge on any atom is 0.389 e. The van der Waals surface area contributed by atoms with Crippen LogP contribution in [0.2, 0.25) is 0 Å². The SMILES string of the molecule is Cc1cc(CN)ccc1S(=O)(=O)NCCCCC(F)(F)F. The number of sulfonamides is 1. The number of halogens is 3. The van der Waals surface area contributed by atoms with Crippen LogP contribution in [-0.4, -0.2) is 21.1 Å². The topological polar surface area (TPSA) is 72.2 Å².